The standard InChI is InChI=1S/C21H24O3/c1-4-23-18-9-7-16(8-10-18)5-6-17-11-14(2)19-13-20(15(3)22)24-21(19)12-17/h7-13,15,22H,4-6H2,1-3H3. The third kappa shape index (κ3) is 3.62. The molecule has 1 aromatic heterocycles. The minimum absolute atomic E-state index is 0.580. The van der Waals surface area contributed by atoms with E-state index < -0.39 is 6.10 Å². The van der Waals surface area contributed by atoms with Crippen molar-refractivity contribution in [2.75, 3.05) is 6.61 Å². The second-order valence-electron chi connectivity index (χ2n) is 6.23. The molecule has 3 rings (SSSR count). The Morgan fingerprint density at radius 3 is 2.42 bits per heavy atom. The van der Waals surface area contributed by atoms with Gasteiger partial charge in [-0.05, 0) is 74.6 Å². The molecule has 3 heteroatoms. The van der Waals surface area contributed by atoms with Gasteiger partial charge in [0.1, 0.15) is 23.2 Å². The van der Waals surface area contributed by atoms with E-state index in [1.165, 1.54) is 16.7 Å². The van der Waals surface area contributed by atoms with Crippen molar-refractivity contribution in [1.82, 2.24) is 0 Å². The number of aryl methyl sites for hydroxylation is 3. The number of rotatable bonds is 6. The first kappa shape index (κ1) is 16.6. The van der Waals surface area contributed by atoms with Crippen LogP contribution in [0.25, 0.3) is 11.0 Å². The predicted octanol–water partition coefficient (Wildman–Crippen LogP) is 4.98. The van der Waals surface area contributed by atoms with Gasteiger partial charge in [0.2, 0.25) is 0 Å². The van der Waals surface area contributed by atoms with E-state index in [1.54, 1.807) is 6.92 Å². The highest BCUT2D eigenvalue weighted by Crippen LogP contribution is 2.28. The first-order chi connectivity index (χ1) is 11.6. The Morgan fingerprint density at radius 1 is 1.04 bits per heavy atom. The Balaban J connectivity index is 1.75. The molecule has 0 radical (unpaired) electrons. The lowest BCUT2D eigenvalue weighted by Crippen LogP contribution is -1.94. The molecule has 0 saturated carbocycles. The van der Waals surface area contributed by atoms with Crippen molar-refractivity contribution < 1.29 is 14.3 Å². The van der Waals surface area contributed by atoms with E-state index in [1.807, 2.05) is 25.1 Å². The molecule has 1 N–H and O–H groups in total. The van der Waals surface area contributed by atoms with Crippen LogP contribution in [0.15, 0.2) is 46.9 Å². The van der Waals surface area contributed by atoms with Crippen LogP contribution in [0.5, 0.6) is 5.75 Å². The lowest BCUT2D eigenvalue weighted by atomic mass is 10.0. The maximum Gasteiger partial charge on any atom is 0.134 e. The average Bonchev–Trinajstić information content (AvgIpc) is 3.00. The van der Waals surface area contributed by atoms with Crippen LogP contribution < -0.4 is 4.74 Å². The quantitative estimate of drug-likeness (QED) is 0.695. The van der Waals surface area contributed by atoms with Gasteiger partial charge in [0, 0.05) is 5.39 Å². The summed E-state index contributed by atoms with van der Waals surface area (Å²) >= 11 is 0. The maximum atomic E-state index is 9.69. The number of ether oxygens (including phenoxy) is 1. The summed E-state index contributed by atoms with van der Waals surface area (Å²) < 4.78 is 11.3. The van der Waals surface area contributed by atoms with E-state index in [4.69, 9.17) is 9.15 Å². The predicted molar refractivity (Wildman–Crippen MR) is 96.6 cm³/mol. The molecule has 24 heavy (non-hydrogen) atoms. The van der Waals surface area contributed by atoms with Crippen molar-refractivity contribution >= 4 is 11.0 Å². The zero-order chi connectivity index (χ0) is 17.1. The summed E-state index contributed by atoms with van der Waals surface area (Å²) in [6.45, 7) is 6.49. The molecule has 0 aliphatic rings. The van der Waals surface area contributed by atoms with E-state index in [2.05, 4.69) is 31.2 Å². The van der Waals surface area contributed by atoms with Crippen molar-refractivity contribution in [3.63, 3.8) is 0 Å². The number of hydrogen-bond donors (Lipinski definition) is 1. The van der Waals surface area contributed by atoms with Crippen molar-refractivity contribution in [2.24, 2.45) is 0 Å². The Bertz CT molecular complexity index is 813. The highest BCUT2D eigenvalue weighted by molar-refractivity contribution is 5.82. The maximum absolute atomic E-state index is 9.69. The fourth-order valence-corrected chi connectivity index (χ4v) is 2.96. The lowest BCUT2D eigenvalue weighted by Gasteiger charge is -2.06. The van der Waals surface area contributed by atoms with Crippen LogP contribution >= 0.6 is 0 Å². The van der Waals surface area contributed by atoms with Gasteiger partial charge in [-0.25, -0.2) is 0 Å². The van der Waals surface area contributed by atoms with Gasteiger partial charge in [-0.2, -0.15) is 0 Å². The average molecular weight is 324 g/mol. The molecule has 0 spiro atoms. The van der Waals surface area contributed by atoms with E-state index >= 15 is 0 Å². The molecule has 1 heterocycles. The summed E-state index contributed by atoms with van der Waals surface area (Å²) in [5.74, 6) is 1.54. The Hall–Kier alpha value is -2.26. The Labute approximate surface area is 142 Å². The molecule has 0 aliphatic carbocycles. The third-order valence-electron chi connectivity index (χ3n) is 4.27. The molecule has 3 aromatic rings. The molecule has 1 unspecified atom stereocenters. The van der Waals surface area contributed by atoms with Crippen LogP contribution in [0, 0.1) is 6.92 Å². The number of aliphatic hydroxyl groups excluding tert-OH is 1. The number of hydrogen-bond acceptors (Lipinski definition) is 3. The zero-order valence-corrected chi connectivity index (χ0v) is 14.5. The summed E-state index contributed by atoms with van der Waals surface area (Å²) in [7, 11) is 0. The van der Waals surface area contributed by atoms with E-state index in [0.29, 0.717) is 12.4 Å². The van der Waals surface area contributed by atoms with Gasteiger partial charge in [-0.15, -0.1) is 0 Å². The lowest BCUT2D eigenvalue weighted by molar-refractivity contribution is 0.172. The molecule has 0 fully saturated rings. The molecule has 0 bridgehead atoms. The first-order valence-electron chi connectivity index (χ1n) is 8.49. The highest BCUT2D eigenvalue weighted by atomic mass is 16.5. The summed E-state index contributed by atoms with van der Waals surface area (Å²) in [4.78, 5) is 0. The van der Waals surface area contributed by atoms with Gasteiger partial charge in [-0.1, -0.05) is 18.2 Å². The van der Waals surface area contributed by atoms with Gasteiger partial charge >= 0.3 is 0 Å². The van der Waals surface area contributed by atoms with Crippen molar-refractivity contribution in [2.45, 2.75) is 39.7 Å². The molecule has 3 nitrogen and oxygen atoms in total. The smallest absolute Gasteiger partial charge is 0.134 e. The Kier molecular flexibility index (Phi) is 4.91. The van der Waals surface area contributed by atoms with E-state index in [0.717, 1.165) is 29.6 Å². The van der Waals surface area contributed by atoms with Crippen LogP contribution in [0.2, 0.25) is 0 Å². The monoisotopic (exact) mass is 324 g/mol. The number of benzene rings is 2. The summed E-state index contributed by atoms with van der Waals surface area (Å²) in [5.41, 5.74) is 4.58. The van der Waals surface area contributed by atoms with E-state index in [-0.39, 0.29) is 0 Å². The molecule has 0 aliphatic heterocycles. The fourth-order valence-electron chi connectivity index (χ4n) is 2.96. The topological polar surface area (TPSA) is 42.6 Å². The molecule has 126 valence electrons. The van der Waals surface area contributed by atoms with Crippen LogP contribution in [0.3, 0.4) is 0 Å². The molecular formula is C21H24O3. The van der Waals surface area contributed by atoms with Crippen LogP contribution in [0.4, 0.5) is 0 Å². The van der Waals surface area contributed by atoms with Crippen LogP contribution in [0.1, 0.15) is 42.4 Å². The van der Waals surface area contributed by atoms with Crippen molar-refractivity contribution in [3.8, 4) is 5.75 Å². The van der Waals surface area contributed by atoms with Crippen molar-refractivity contribution in [1.29, 1.82) is 0 Å². The second kappa shape index (κ2) is 7.10. The molecular weight excluding hydrogens is 300 g/mol. The van der Waals surface area contributed by atoms with E-state index in [9.17, 15) is 5.11 Å². The fraction of sp³-hybridized carbons (Fsp3) is 0.333. The summed E-state index contributed by atoms with van der Waals surface area (Å²) in [6.07, 6.45) is 1.35. The van der Waals surface area contributed by atoms with Crippen LogP contribution in [-0.4, -0.2) is 11.7 Å². The minimum Gasteiger partial charge on any atom is -0.494 e. The zero-order valence-electron chi connectivity index (χ0n) is 14.5. The largest absolute Gasteiger partial charge is 0.494 e. The number of furan rings is 1. The van der Waals surface area contributed by atoms with Gasteiger partial charge in [0.05, 0.1) is 6.61 Å². The highest BCUT2D eigenvalue weighted by Gasteiger charge is 2.11. The van der Waals surface area contributed by atoms with Gasteiger partial charge < -0.3 is 14.3 Å². The summed E-state index contributed by atoms with van der Waals surface area (Å²) in [6, 6.07) is 14.5. The first-order valence-corrected chi connectivity index (χ1v) is 8.49. The number of aliphatic hydroxyl groups is 1. The number of fused-ring (bicyclic) bond motifs is 1. The SMILES string of the molecule is CCOc1ccc(CCc2cc(C)c3cc(C(C)O)oc3c2)cc1. The molecule has 2 aromatic carbocycles. The second-order valence-corrected chi connectivity index (χ2v) is 6.23. The minimum atomic E-state index is -0.580. The normalized spacial score (nSPS) is 12.5. The third-order valence-corrected chi connectivity index (χ3v) is 4.27. The van der Waals surface area contributed by atoms with Crippen molar-refractivity contribution in [3.05, 3.63) is 64.9 Å². The van der Waals surface area contributed by atoms with Gasteiger partial charge in [0.25, 0.3) is 0 Å². The van der Waals surface area contributed by atoms with Crippen LogP contribution in [-0.2, 0) is 12.8 Å². The molecule has 0 amide bonds. The van der Waals surface area contributed by atoms with Gasteiger partial charge in [0.15, 0.2) is 0 Å². The summed E-state index contributed by atoms with van der Waals surface area (Å²) in [5, 5.41) is 10.8. The Morgan fingerprint density at radius 2 is 1.75 bits per heavy atom. The molecule has 1 atom stereocenters. The van der Waals surface area contributed by atoms with Gasteiger partial charge in [-0.3, -0.25) is 0 Å². The molecule has 0 saturated heterocycles.